The van der Waals surface area contributed by atoms with Crippen molar-refractivity contribution in [2.45, 2.75) is 31.9 Å². The van der Waals surface area contributed by atoms with Crippen molar-refractivity contribution >= 4 is 11.9 Å². The molecule has 2 aromatic heterocycles. The number of amides is 1. The molecule has 2 aliphatic heterocycles. The zero-order valence-corrected chi connectivity index (χ0v) is 16.5. The number of H-pyrrole nitrogens is 1. The summed E-state index contributed by atoms with van der Waals surface area (Å²) in [6, 6.07) is 9.41. The molecule has 30 heavy (non-hydrogen) atoms. The molecule has 1 aromatic carbocycles. The number of cyclic esters (lactones) is 1. The molecule has 1 atom stereocenters. The van der Waals surface area contributed by atoms with E-state index in [1.807, 2.05) is 46.0 Å². The number of nitrogens with one attached hydrogen (secondary N) is 1. The first-order chi connectivity index (χ1) is 14.6. The summed E-state index contributed by atoms with van der Waals surface area (Å²) < 4.78 is 7.59. The number of carbonyl (C=O) groups is 2. The molecule has 2 aliphatic rings. The number of imidazole rings is 1. The van der Waals surface area contributed by atoms with Crippen molar-refractivity contribution in [3.8, 4) is 11.3 Å². The minimum Gasteiger partial charge on any atom is -0.460 e. The number of aromatic nitrogens is 4. The fourth-order valence-corrected chi connectivity index (χ4v) is 4.51. The highest BCUT2D eigenvalue weighted by atomic mass is 16.6. The molecule has 2 fully saturated rings. The number of ether oxygens (including phenoxy) is 1. The first-order valence-electron chi connectivity index (χ1n) is 10.2. The average Bonchev–Trinajstić information content (AvgIpc) is 3.52. The topological polar surface area (TPSA) is 93.1 Å². The summed E-state index contributed by atoms with van der Waals surface area (Å²) in [6.45, 7) is 1.75. The Morgan fingerprint density at radius 1 is 1.17 bits per heavy atom. The average molecular weight is 405 g/mol. The molecular weight excluding hydrogens is 382 g/mol. The molecule has 5 rings (SSSR count). The van der Waals surface area contributed by atoms with Gasteiger partial charge >= 0.3 is 5.97 Å². The summed E-state index contributed by atoms with van der Waals surface area (Å²) in [7, 11) is 0. The van der Waals surface area contributed by atoms with Crippen LogP contribution in [0.15, 0.2) is 55.2 Å². The van der Waals surface area contributed by atoms with E-state index in [1.165, 1.54) is 0 Å². The van der Waals surface area contributed by atoms with Gasteiger partial charge in [0.05, 0.1) is 24.0 Å². The van der Waals surface area contributed by atoms with Gasteiger partial charge in [0, 0.05) is 43.7 Å². The van der Waals surface area contributed by atoms with Crippen molar-refractivity contribution in [3.63, 3.8) is 0 Å². The number of hydrogen-bond donors (Lipinski definition) is 1. The second-order valence-electron chi connectivity index (χ2n) is 8.11. The third-order valence-electron chi connectivity index (χ3n) is 6.25. The molecule has 0 bridgehead atoms. The Kier molecular flexibility index (Phi) is 4.61. The van der Waals surface area contributed by atoms with Crippen LogP contribution < -0.4 is 0 Å². The molecule has 154 valence electrons. The van der Waals surface area contributed by atoms with Crippen molar-refractivity contribution in [3.05, 3.63) is 60.8 Å². The summed E-state index contributed by atoms with van der Waals surface area (Å²) in [5.74, 6) is -0.119. The Hall–Kier alpha value is -3.42. The number of nitrogens with zero attached hydrogens (tertiary/aromatic N) is 4. The molecule has 1 spiro atoms. The largest absolute Gasteiger partial charge is 0.460 e. The maximum absolute atomic E-state index is 12.9. The van der Waals surface area contributed by atoms with E-state index in [4.69, 9.17) is 4.74 Å². The second-order valence-corrected chi connectivity index (χ2v) is 8.11. The molecule has 0 radical (unpaired) electrons. The van der Waals surface area contributed by atoms with E-state index in [0.29, 0.717) is 44.5 Å². The van der Waals surface area contributed by atoms with Gasteiger partial charge in [0.1, 0.15) is 6.10 Å². The van der Waals surface area contributed by atoms with E-state index in [9.17, 15) is 9.59 Å². The lowest BCUT2D eigenvalue weighted by Gasteiger charge is -2.36. The molecule has 2 saturated heterocycles. The van der Waals surface area contributed by atoms with E-state index in [2.05, 4.69) is 15.2 Å². The van der Waals surface area contributed by atoms with Gasteiger partial charge in [0.2, 0.25) is 0 Å². The van der Waals surface area contributed by atoms with Gasteiger partial charge in [0.15, 0.2) is 0 Å². The summed E-state index contributed by atoms with van der Waals surface area (Å²) >= 11 is 0. The number of carbonyl (C=O) groups excluding carboxylic acids is 2. The van der Waals surface area contributed by atoms with Crippen molar-refractivity contribution < 1.29 is 14.3 Å². The Balaban J connectivity index is 1.21. The van der Waals surface area contributed by atoms with Crippen LogP contribution >= 0.6 is 0 Å². The van der Waals surface area contributed by atoms with E-state index < -0.39 is 5.41 Å². The van der Waals surface area contributed by atoms with Crippen LogP contribution in [0, 0.1) is 5.41 Å². The van der Waals surface area contributed by atoms with Gasteiger partial charge in [-0.1, -0.05) is 12.1 Å². The quantitative estimate of drug-likeness (QED) is 0.673. The van der Waals surface area contributed by atoms with Gasteiger partial charge in [-0.2, -0.15) is 5.10 Å². The first kappa shape index (κ1) is 18.6. The van der Waals surface area contributed by atoms with Crippen LogP contribution in [0.25, 0.3) is 11.3 Å². The van der Waals surface area contributed by atoms with Gasteiger partial charge in [-0.05, 0) is 36.6 Å². The van der Waals surface area contributed by atoms with Crippen molar-refractivity contribution in [2.75, 3.05) is 13.1 Å². The number of likely N-dealkylation sites (tertiary alicyclic amines) is 1. The summed E-state index contributed by atoms with van der Waals surface area (Å²) in [4.78, 5) is 31.4. The summed E-state index contributed by atoms with van der Waals surface area (Å²) in [5.41, 5.74) is 2.09. The highest BCUT2D eigenvalue weighted by Crippen LogP contribution is 2.43. The van der Waals surface area contributed by atoms with Crippen LogP contribution in [-0.4, -0.2) is 55.7 Å². The molecular formula is C22H23N5O3. The second kappa shape index (κ2) is 7.44. The van der Waals surface area contributed by atoms with E-state index >= 15 is 0 Å². The number of aromatic amines is 1. The van der Waals surface area contributed by atoms with Crippen LogP contribution in [0.1, 0.15) is 29.6 Å². The molecule has 1 N–H and O–H groups in total. The van der Waals surface area contributed by atoms with Crippen LogP contribution in [-0.2, 0) is 16.1 Å². The summed E-state index contributed by atoms with van der Waals surface area (Å²) in [6.07, 6.45) is 8.88. The number of hydrogen-bond acceptors (Lipinski definition) is 5. The van der Waals surface area contributed by atoms with Crippen LogP contribution in [0.2, 0.25) is 0 Å². The molecule has 8 heteroatoms. The predicted molar refractivity (Wildman–Crippen MR) is 108 cm³/mol. The lowest BCUT2D eigenvalue weighted by Crippen LogP contribution is -2.45. The highest BCUT2D eigenvalue weighted by Gasteiger charge is 2.50. The molecule has 0 saturated carbocycles. The summed E-state index contributed by atoms with van der Waals surface area (Å²) in [5, 5.41) is 6.87. The van der Waals surface area contributed by atoms with E-state index in [-0.39, 0.29) is 18.0 Å². The van der Waals surface area contributed by atoms with Gasteiger partial charge in [-0.25, -0.2) is 4.98 Å². The van der Waals surface area contributed by atoms with Gasteiger partial charge in [-0.15, -0.1) is 0 Å². The van der Waals surface area contributed by atoms with Crippen molar-refractivity contribution in [1.82, 2.24) is 24.6 Å². The Morgan fingerprint density at radius 2 is 1.97 bits per heavy atom. The van der Waals surface area contributed by atoms with Crippen molar-refractivity contribution in [2.24, 2.45) is 5.41 Å². The number of piperidine rings is 1. The molecule has 0 aliphatic carbocycles. The van der Waals surface area contributed by atoms with Gasteiger partial charge in [-0.3, -0.25) is 14.7 Å². The molecule has 4 heterocycles. The maximum Gasteiger partial charge on any atom is 0.312 e. The zero-order valence-electron chi connectivity index (χ0n) is 16.5. The Morgan fingerprint density at radius 3 is 2.63 bits per heavy atom. The predicted octanol–water partition coefficient (Wildman–Crippen LogP) is 2.51. The van der Waals surface area contributed by atoms with Crippen LogP contribution in [0.3, 0.4) is 0 Å². The molecule has 1 amide bonds. The number of esters is 1. The molecule has 8 nitrogen and oxygen atoms in total. The third kappa shape index (κ3) is 3.38. The SMILES string of the molecule is O=C(c1ccc(-c2ccn[nH]2)cc1)N1CCC2(CC1)CC(Cn1ccnc1)OC2=O. The highest BCUT2D eigenvalue weighted by molar-refractivity contribution is 5.95. The molecule has 3 aromatic rings. The minimum absolute atomic E-state index is 0.00217. The maximum atomic E-state index is 12.9. The van der Waals surface area contributed by atoms with Gasteiger partial charge in [0.25, 0.3) is 5.91 Å². The Bertz CT molecular complexity index is 1020. The first-order valence-corrected chi connectivity index (χ1v) is 10.2. The fourth-order valence-electron chi connectivity index (χ4n) is 4.51. The van der Waals surface area contributed by atoms with E-state index in [1.54, 1.807) is 18.7 Å². The number of rotatable bonds is 4. The smallest absolute Gasteiger partial charge is 0.312 e. The molecule has 1 unspecified atom stereocenters. The van der Waals surface area contributed by atoms with Crippen LogP contribution in [0.5, 0.6) is 0 Å². The fraction of sp³-hybridized carbons (Fsp3) is 0.364. The van der Waals surface area contributed by atoms with Gasteiger partial charge < -0.3 is 14.2 Å². The van der Waals surface area contributed by atoms with Crippen molar-refractivity contribution in [1.29, 1.82) is 0 Å². The lowest BCUT2D eigenvalue weighted by molar-refractivity contribution is -0.150. The Labute approximate surface area is 173 Å². The number of benzene rings is 1. The van der Waals surface area contributed by atoms with E-state index in [0.717, 1.165) is 11.3 Å². The normalized spacial score (nSPS) is 20.5. The third-order valence-corrected chi connectivity index (χ3v) is 6.25. The zero-order chi connectivity index (χ0) is 20.6. The minimum atomic E-state index is -0.466. The standard InChI is InChI=1S/C22H23N5O3/c28-20(17-3-1-16(2-4-17)19-5-8-24-25-19)27-10-6-22(7-11-27)13-18(30-21(22)29)14-26-12-9-23-15-26/h1-5,8-9,12,15,18H,6-7,10-11,13-14H2,(H,24,25). The lowest BCUT2D eigenvalue weighted by atomic mass is 9.76. The monoisotopic (exact) mass is 405 g/mol. The van der Waals surface area contributed by atoms with Crippen LogP contribution in [0.4, 0.5) is 0 Å².